The Hall–Kier alpha value is -3.48. The lowest BCUT2D eigenvalue weighted by atomic mass is 10.0. The van der Waals surface area contributed by atoms with Gasteiger partial charge in [-0.25, -0.2) is 0 Å². The molecule has 0 fully saturated rings. The third-order valence-corrected chi connectivity index (χ3v) is 4.81. The number of hydrogen-bond acceptors (Lipinski definition) is 6. The summed E-state index contributed by atoms with van der Waals surface area (Å²) in [5.41, 5.74) is 2.91. The van der Waals surface area contributed by atoms with Gasteiger partial charge in [0, 0.05) is 32.0 Å². The molecule has 0 saturated heterocycles. The van der Waals surface area contributed by atoms with Crippen molar-refractivity contribution in [3.8, 4) is 11.5 Å². The van der Waals surface area contributed by atoms with Crippen molar-refractivity contribution >= 4 is 28.8 Å². The Bertz CT molecular complexity index is 965. The first-order valence-electron chi connectivity index (χ1n) is 9.28. The molecule has 0 aliphatic carbocycles. The van der Waals surface area contributed by atoms with E-state index in [-0.39, 0.29) is 17.5 Å². The molecule has 1 aliphatic rings. The van der Waals surface area contributed by atoms with E-state index < -0.39 is 0 Å². The topological polar surface area (TPSA) is 71.1 Å². The van der Waals surface area contributed by atoms with Gasteiger partial charge in [0.15, 0.2) is 11.5 Å². The number of hydrogen-bond donors (Lipinski definition) is 1. The van der Waals surface area contributed by atoms with Crippen LogP contribution in [-0.4, -0.2) is 51.6 Å². The third-order valence-electron chi connectivity index (χ3n) is 4.81. The van der Waals surface area contributed by atoms with Gasteiger partial charge in [-0.05, 0) is 48.9 Å². The molecule has 152 valence electrons. The molecule has 2 aromatic rings. The Morgan fingerprint density at radius 3 is 2.14 bits per heavy atom. The summed E-state index contributed by atoms with van der Waals surface area (Å²) in [6.07, 6.45) is 0. The van der Waals surface area contributed by atoms with E-state index in [2.05, 4.69) is 5.32 Å². The van der Waals surface area contributed by atoms with Crippen LogP contribution in [0.4, 0.5) is 11.4 Å². The molecule has 29 heavy (non-hydrogen) atoms. The van der Waals surface area contributed by atoms with Crippen molar-refractivity contribution in [2.24, 2.45) is 0 Å². The van der Waals surface area contributed by atoms with E-state index in [9.17, 15) is 9.59 Å². The number of rotatable bonds is 7. The van der Waals surface area contributed by atoms with E-state index in [1.807, 2.05) is 43.3 Å². The van der Waals surface area contributed by atoms with Gasteiger partial charge in [0.25, 0.3) is 11.8 Å². The molecule has 0 aromatic heterocycles. The van der Waals surface area contributed by atoms with Gasteiger partial charge in [0.2, 0.25) is 0 Å². The Balaban J connectivity index is 2.06. The van der Waals surface area contributed by atoms with Crippen molar-refractivity contribution in [1.82, 2.24) is 4.90 Å². The molecule has 0 unspecified atom stereocenters. The number of amides is 2. The summed E-state index contributed by atoms with van der Waals surface area (Å²) in [6.45, 7) is 2.07. The quantitative estimate of drug-likeness (QED) is 0.727. The maximum atomic E-state index is 13.0. The molecular weight excluding hydrogens is 370 g/mol. The van der Waals surface area contributed by atoms with Crippen LogP contribution < -0.4 is 19.7 Å². The zero-order valence-electron chi connectivity index (χ0n) is 17.3. The average Bonchev–Trinajstić information content (AvgIpc) is 2.96. The number of carbonyl (C=O) groups excluding carboxylic acids is 2. The van der Waals surface area contributed by atoms with Crippen LogP contribution in [0.2, 0.25) is 0 Å². The third kappa shape index (κ3) is 3.76. The lowest BCUT2D eigenvalue weighted by molar-refractivity contribution is -0.136. The first kappa shape index (κ1) is 20.3. The Morgan fingerprint density at radius 2 is 1.59 bits per heavy atom. The number of nitrogens with one attached hydrogen (secondary N) is 1. The number of nitrogens with zero attached hydrogens (tertiary/aromatic N) is 2. The van der Waals surface area contributed by atoms with Crippen LogP contribution in [0, 0.1) is 0 Å². The van der Waals surface area contributed by atoms with E-state index in [1.165, 1.54) is 12.0 Å². The van der Waals surface area contributed by atoms with Gasteiger partial charge in [-0.15, -0.1) is 0 Å². The molecule has 0 bridgehead atoms. The molecule has 2 aromatic carbocycles. The minimum atomic E-state index is -0.348. The summed E-state index contributed by atoms with van der Waals surface area (Å²) in [5.74, 6) is 0.355. The predicted molar refractivity (Wildman–Crippen MR) is 113 cm³/mol. The minimum Gasteiger partial charge on any atom is -0.493 e. The molecule has 2 amide bonds. The summed E-state index contributed by atoms with van der Waals surface area (Å²) in [7, 11) is 6.99. The molecule has 1 heterocycles. The van der Waals surface area contributed by atoms with Crippen molar-refractivity contribution in [2.45, 2.75) is 6.92 Å². The molecule has 0 saturated carbocycles. The van der Waals surface area contributed by atoms with Crippen LogP contribution in [0.3, 0.4) is 0 Å². The van der Waals surface area contributed by atoms with Crippen molar-refractivity contribution in [1.29, 1.82) is 0 Å². The first-order valence-corrected chi connectivity index (χ1v) is 9.28. The second kappa shape index (κ2) is 8.26. The number of ether oxygens (including phenoxy) is 2. The van der Waals surface area contributed by atoms with Gasteiger partial charge in [-0.2, -0.15) is 0 Å². The lowest BCUT2D eigenvalue weighted by Gasteiger charge is -2.14. The van der Waals surface area contributed by atoms with Crippen molar-refractivity contribution in [3.63, 3.8) is 0 Å². The molecule has 7 nitrogen and oxygen atoms in total. The van der Waals surface area contributed by atoms with E-state index in [4.69, 9.17) is 9.47 Å². The predicted octanol–water partition coefficient (Wildman–Crippen LogP) is 2.98. The number of methoxy groups -OCH3 is 2. The highest BCUT2D eigenvalue weighted by Gasteiger charge is 2.38. The van der Waals surface area contributed by atoms with Crippen LogP contribution in [0.15, 0.2) is 48.2 Å². The molecule has 0 radical (unpaired) electrons. The largest absolute Gasteiger partial charge is 0.493 e. The van der Waals surface area contributed by atoms with E-state index in [0.717, 1.165) is 11.4 Å². The summed E-state index contributed by atoms with van der Waals surface area (Å²) < 4.78 is 10.6. The SMILES string of the molecule is CCN1C(=O)C(Nc2ccc(N(C)C)cc2)=C(c2ccc(OC)c(OC)c2)C1=O. The second-order valence-corrected chi connectivity index (χ2v) is 6.74. The highest BCUT2D eigenvalue weighted by molar-refractivity contribution is 6.36. The summed E-state index contributed by atoms with van der Waals surface area (Å²) in [6, 6.07) is 12.8. The Labute approximate surface area is 170 Å². The summed E-state index contributed by atoms with van der Waals surface area (Å²) in [4.78, 5) is 29.1. The normalized spacial score (nSPS) is 13.8. The van der Waals surface area contributed by atoms with Crippen molar-refractivity contribution < 1.29 is 19.1 Å². The van der Waals surface area contributed by atoms with Crippen LogP contribution in [0.25, 0.3) is 5.57 Å². The van der Waals surface area contributed by atoms with Gasteiger partial charge in [0.05, 0.1) is 19.8 Å². The Morgan fingerprint density at radius 1 is 0.931 bits per heavy atom. The smallest absolute Gasteiger partial charge is 0.278 e. The lowest BCUT2D eigenvalue weighted by Crippen LogP contribution is -2.32. The second-order valence-electron chi connectivity index (χ2n) is 6.74. The van der Waals surface area contributed by atoms with E-state index in [0.29, 0.717) is 29.2 Å². The minimum absolute atomic E-state index is 0.252. The molecule has 0 spiro atoms. The highest BCUT2D eigenvalue weighted by atomic mass is 16.5. The molecule has 1 aliphatic heterocycles. The number of anilines is 2. The summed E-state index contributed by atoms with van der Waals surface area (Å²) >= 11 is 0. The summed E-state index contributed by atoms with van der Waals surface area (Å²) in [5, 5.41) is 3.14. The number of carbonyl (C=O) groups is 2. The Kier molecular flexibility index (Phi) is 5.77. The van der Waals surface area contributed by atoms with Gasteiger partial charge in [-0.1, -0.05) is 6.07 Å². The van der Waals surface area contributed by atoms with Crippen LogP contribution in [-0.2, 0) is 9.59 Å². The fourth-order valence-corrected chi connectivity index (χ4v) is 3.23. The van der Waals surface area contributed by atoms with Gasteiger partial charge in [-0.3, -0.25) is 14.5 Å². The van der Waals surface area contributed by atoms with Gasteiger partial charge >= 0.3 is 0 Å². The monoisotopic (exact) mass is 395 g/mol. The molecule has 7 heteroatoms. The van der Waals surface area contributed by atoms with Crippen molar-refractivity contribution in [3.05, 3.63) is 53.7 Å². The van der Waals surface area contributed by atoms with Gasteiger partial charge in [0.1, 0.15) is 5.70 Å². The molecule has 1 N–H and O–H groups in total. The van der Waals surface area contributed by atoms with E-state index >= 15 is 0 Å². The average molecular weight is 395 g/mol. The standard InChI is InChI=1S/C22H25N3O4/c1-6-25-21(26)19(14-7-12-17(28-4)18(13-14)29-5)20(22(25)27)23-15-8-10-16(11-9-15)24(2)3/h7-13,23H,6H2,1-5H3. The zero-order valence-corrected chi connectivity index (χ0v) is 17.3. The first-order chi connectivity index (χ1) is 13.9. The van der Waals surface area contributed by atoms with Crippen LogP contribution >= 0.6 is 0 Å². The van der Waals surface area contributed by atoms with E-state index in [1.54, 1.807) is 32.2 Å². The number of imide groups is 1. The zero-order chi connectivity index (χ0) is 21.1. The molecule has 0 atom stereocenters. The van der Waals surface area contributed by atoms with Crippen molar-refractivity contribution in [2.75, 3.05) is 45.1 Å². The van der Waals surface area contributed by atoms with Crippen LogP contribution in [0.5, 0.6) is 11.5 Å². The van der Waals surface area contributed by atoms with Crippen LogP contribution in [0.1, 0.15) is 12.5 Å². The molecular formula is C22H25N3O4. The number of likely N-dealkylation sites (N-methyl/N-ethyl adjacent to an activating group) is 1. The molecule has 3 rings (SSSR count). The number of benzene rings is 2. The highest BCUT2D eigenvalue weighted by Crippen LogP contribution is 2.35. The fraction of sp³-hybridized carbons (Fsp3) is 0.273. The fourth-order valence-electron chi connectivity index (χ4n) is 3.23. The maximum Gasteiger partial charge on any atom is 0.278 e. The van der Waals surface area contributed by atoms with Gasteiger partial charge < -0.3 is 19.7 Å². The maximum absolute atomic E-state index is 13.0.